The van der Waals surface area contributed by atoms with Crippen molar-refractivity contribution in [1.29, 1.82) is 0 Å². The van der Waals surface area contributed by atoms with Crippen molar-refractivity contribution in [2.45, 2.75) is 25.2 Å². The van der Waals surface area contributed by atoms with Crippen LogP contribution in [0.5, 0.6) is 0 Å². The molecule has 0 amide bonds. The van der Waals surface area contributed by atoms with E-state index in [9.17, 15) is 13.2 Å². The summed E-state index contributed by atoms with van der Waals surface area (Å²) >= 11 is 1.55. The number of guanidine groups is 1. The molecule has 0 bridgehead atoms. The van der Waals surface area contributed by atoms with Gasteiger partial charge in [-0.1, -0.05) is 6.07 Å². The fraction of sp³-hybridized carbons (Fsp3) is 0.500. The quantitative estimate of drug-likeness (QED) is 0.364. The van der Waals surface area contributed by atoms with Gasteiger partial charge in [0.25, 0.3) is 0 Å². The van der Waals surface area contributed by atoms with E-state index >= 15 is 0 Å². The molecule has 1 unspecified atom stereocenters. The Morgan fingerprint density at radius 1 is 1.48 bits per heavy atom. The normalized spacial score (nSPS) is 18.4. The third-order valence-corrected chi connectivity index (χ3v) is 4.82. The monoisotopic (exact) mass is 515 g/mol. The number of halogens is 4. The van der Waals surface area contributed by atoms with Crippen molar-refractivity contribution < 1.29 is 17.6 Å². The topological polar surface area (TPSA) is 65.7 Å². The van der Waals surface area contributed by atoms with Crippen molar-refractivity contribution in [3.63, 3.8) is 0 Å². The minimum atomic E-state index is -4.16. The van der Waals surface area contributed by atoms with Crippen LogP contribution >= 0.6 is 35.3 Å². The highest BCUT2D eigenvalue weighted by molar-refractivity contribution is 14.0. The van der Waals surface area contributed by atoms with Crippen molar-refractivity contribution in [2.24, 2.45) is 4.99 Å². The molecule has 1 aliphatic heterocycles. The molecule has 1 saturated heterocycles. The lowest BCUT2D eigenvalue weighted by atomic mass is 10.3. The van der Waals surface area contributed by atoms with Gasteiger partial charge in [-0.25, -0.2) is 4.98 Å². The molecule has 11 heteroatoms. The van der Waals surface area contributed by atoms with Gasteiger partial charge in [-0.3, -0.25) is 9.89 Å². The Balaban J connectivity index is 0.00000261. The fourth-order valence-corrected chi connectivity index (χ4v) is 3.47. The van der Waals surface area contributed by atoms with E-state index < -0.39 is 12.7 Å². The summed E-state index contributed by atoms with van der Waals surface area (Å²) in [7, 11) is 1.62. The van der Waals surface area contributed by atoms with Gasteiger partial charge in [0.05, 0.1) is 23.7 Å². The Morgan fingerprint density at radius 3 is 2.96 bits per heavy atom. The molecule has 6 nitrogen and oxygen atoms in total. The first-order chi connectivity index (χ1) is 12.4. The van der Waals surface area contributed by atoms with Gasteiger partial charge in [-0.15, -0.1) is 35.3 Å². The molecule has 2 aromatic rings. The second-order valence-electron chi connectivity index (χ2n) is 6.03. The molecule has 0 spiro atoms. The highest BCUT2D eigenvalue weighted by Gasteiger charge is 2.34. The average molecular weight is 515 g/mol. The summed E-state index contributed by atoms with van der Waals surface area (Å²) in [5.74, 6) is 1.10. The number of oxazole rings is 1. The number of hydrogen-bond donors (Lipinski definition) is 2. The largest absolute Gasteiger partial charge is 0.443 e. The molecular formula is C16H21F3IN5OS. The van der Waals surface area contributed by atoms with Crippen LogP contribution in [-0.2, 0) is 6.54 Å². The number of alkyl halides is 3. The number of rotatable bonds is 5. The predicted molar refractivity (Wildman–Crippen MR) is 109 cm³/mol. The molecule has 0 aromatic carbocycles. The van der Waals surface area contributed by atoms with Crippen LogP contribution in [0.15, 0.2) is 33.2 Å². The lowest BCUT2D eigenvalue weighted by Crippen LogP contribution is -2.44. The number of nitrogens with zero attached hydrogens (tertiary/aromatic N) is 3. The molecule has 0 radical (unpaired) electrons. The van der Waals surface area contributed by atoms with Crippen LogP contribution in [0.3, 0.4) is 0 Å². The maximum Gasteiger partial charge on any atom is 0.401 e. The molecule has 1 fully saturated rings. The van der Waals surface area contributed by atoms with Crippen molar-refractivity contribution in [2.75, 3.05) is 26.7 Å². The third kappa shape index (κ3) is 6.64. The first-order valence-electron chi connectivity index (χ1n) is 8.17. The molecule has 150 valence electrons. The molecule has 2 N–H and O–H groups in total. The summed E-state index contributed by atoms with van der Waals surface area (Å²) in [6, 6.07) is 3.79. The van der Waals surface area contributed by atoms with Crippen LogP contribution in [0.1, 0.15) is 12.1 Å². The standard InChI is InChI=1S/C16H20F3N5OS.HI/c1-20-15(23-11-4-5-24(8-11)10-16(17,18)19)21-7-12-9-25-14(22-12)13-3-2-6-26-13;/h2-3,6,9,11H,4-5,7-8,10H2,1H3,(H2,20,21,23);1H. The Hall–Kier alpha value is -1.34. The lowest BCUT2D eigenvalue weighted by Gasteiger charge is -2.19. The molecule has 3 rings (SSSR count). The number of hydrogen-bond acceptors (Lipinski definition) is 5. The second-order valence-corrected chi connectivity index (χ2v) is 6.97. The van der Waals surface area contributed by atoms with E-state index in [1.54, 1.807) is 24.6 Å². The number of aliphatic imine (C=N–C) groups is 1. The van der Waals surface area contributed by atoms with Gasteiger partial charge in [-0.05, 0) is 17.9 Å². The van der Waals surface area contributed by atoms with Gasteiger partial charge in [-0.2, -0.15) is 13.2 Å². The van der Waals surface area contributed by atoms with Gasteiger partial charge >= 0.3 is 6.18 Å². The van der Waals surface area contributed by atoms with Crippen molar-refractivity contribution in [1.82, 2.24) is 20.5 Å². The Bertz CT molecular complexity index is 735. The van der Waals surface area contributed by atoms with Crippen molar-refractivity contribution >= 4 is 41.3 Å². The Morgan fingerprint density at radius 2 is 2.30 bits per heavy atom. The van der Waals surface area contributed by atoms with Crippen LogP contribution in [0.25, 0.3) is 10.8 Å². The van der Waals surface area contributed by atoms with Gasteiger partial charge in [0.1, 0.15) is 6.26 Å². The molecule has 1 aliphatic rings. The summed E-state index contributed by atoms with van der Waals surface area (Å²) in [6.45, 7) is 0.295. The van der Waals surface area contributed by atoms with Crippen LogP contribution < -0.4 is 10.6 Å². The minimum Gasteiger partial charge on any atom is -0.443 e. The maximum atomic E-state index is 12.5. The number of aromatic nitrogens is 1. The number of nitrogens with one attached hydrogen (secondary N) is 2. The molecule has 3 heterocycles. The average Bonchev–Trinajstić information content (AvgIpc) is 3.31. The van der Waals surface area contributed by atoms with Gasteiger partial charge in [0.15, 0.2) is 5.96 Å². The summed E-state index contributed by atoms with van der Waals surface area (Å²) in [5.41, 5.74) is 0.724. The van der Waals surface area contributed by atoms with Gasteiger partial charge in [0, 0.05) is 26.2 Å². The second kappa shape index (κ2) is 9.73. The van der Waals surface area contributed by atoms with Crippen LogP contribution in [-0.4, -0.2) is 54.7 Å². The molecule has 2 aromatic heterocycles. The van der Waals surface area contributed by atoms with Gasteiger partial charge in [0.2, 0.25) is 5.89 Å². The Labute approximate surface area is 176 Å². The molecule has 0 aliphatic carbocycles. The first-order valence-corrected chi connectivity index (χ1v) is 9.05. The lowest BCUT2D eigenvalue weighted by molar-refractivity contribution is -0.143. The number of likely N-dealkylation sites (tertiary alicyclic amines) is 1. The third-order valence-electron chi connectivity index (χ3n) is 3.96. The smallest absolute Gasteiger partial charge is 0.401 e. The zero-order valence-corrected chi connectivity index (χ0v) is 17.8. The minimum absolute atomic E-state index is 0. The van der Waals surface area contributed by atoms with Crippen LogP contribution in [0.4, 0.5) is 13.2 Å². The summed E-state index contributed by atoms with van der Waals surface area (Å²) < 4.78 is 42.8. The highest BCUT2D eigenvalue weighted by atomic mass is 127. The first kappa shape index (κ1) is 22.0. The summed E-state index contributed by atoms with van der Waals surface area (Å²) in [6.07, 6.45) is -1.94. The highest BCUT2D eigenvalue weighted by Crippen LogP contribution is 2.23. The SMILES string of the molecule is CN=C(NCc1coc(-c2cccs2)n1)NC1CCN(CC(F)(F)F)C1.I. The predicted octanol–water partition coefficient (Wildman–Crippen LogP) is 3.32. The molecule has 1 atom stereocenters. The van der Waals surface area contributed by atoms with E-state index in [0.29, 0.717) is 37.9 Å². The van der Waals surface area contributed by atoms with Crippen LogP contribution in [0.2, 0.25) is 0 Å². The fourth-order valence-electron chi connectivity index (χ4n) is 2.81. The van der Waals surface area contributed by atoms with E-state index in [-0.39, 0.29) is 30.0 Å². The van der Waals surface area contributed by atoms with E-state index in [4.69, 9.17) is 4.42 Å². The van der Waals surface area contributed by atoms with E-state index in [2.05, 4.69) is 20.6 Å². The zero-order chi connectivity index (χ0) is 18.6. The zero-order valence-electron chi connectivity index (χ0n) is 14.6. The van der Waals surface area contributed by atoms with Crippen molar-refractivity contribution in [3.05, 3.63) is 29.5 Å². The van der Waals surface area contributed by atoms with E-state index in [1.807, 2.05) is 17.5 Å². The number of thiophene rings is 1. The summed E-state index contributed by atoms with van der Waals surface area (Å²) in [5, 5.41) is 8.22. The van der Waals surface area contributed by atoms with E-state index in [0.717, 1.165) is 10.6 Å². The van der Waals surface area contributed by atoms with E-state index in [1.165, 1.54) is 4.90 Å². The Kier molecular flexibility index (Phi) is 7.91. The molecule has 27 heavy (non-hydrogen) atoms. The van der Waals surface area contributed by atoms with Crippen molar-refractivity contribution in [3.8, 4) is 10.8 Å². The molecule has 0 saturated carbocycles. The maximum absolute atomic E-state index is 12.5. The molecular weight excluding hydrogens is 494 g/mol. The summed E-state index contributed by atoms with van der Waals surface area (Å²) in [4.78, 5) is 10.9. The van der Waals surface area contributed by atoms with Gasteiger partial charge < -0.3 is 15.1 Å². The van der Waals surface area contributed by atoms with Crippen LogP contribution in [0, 0.1) is 0 Å².